The fraction of sp³-hybridized carbons (Fsp3) is 0.429. The van der Waals surface area contributed by atoms with Crippen LogP contribution >= 0.6 is 27.7 Å². The third-order valence-electron chi connectivity index (χ3n) is 1.21. The summed E-state index contributed by atoms with van der Waals surface area (Å²) in [7, 11) is 1.55. The van der Waals surface area contributed by atoms with Crippen LogP contribution in [0.2, 0.25) is 0 Å². The van der Waals surface area contributed by atoms with Crippen LogP contribution in [0.1, 0.15) is 0 Å². The molecule has 0 unspecified atom stereocenters. The van der Waals surface area contributed by atoms with Crippen LogP contribution < -0.4 is 4.74 Å². The second kappa shape index (κ2) is 5.41. The first-order valence-corrected chi connectivity index (χ1v) is 5.36. The fourth-order valence-corrected chi connectivity index (χ4v) is 1.59. The topological polar surface area (TPSA) is 55.2 Å². The van der Waals surface area contributed by atoms with Gasteiger partial charge in [0.2, 0.25) is 5.88 Å². The minimum absolute atomic E-state index is 0.117. The summed E-state index contributed by atoms with van der Waals surface area (Å²) in [5.74, 6) is 1.10. The molecule has 0 aromatic carbocycles. The van der Waals surface area contributed by atoms with Crippen LogP contribution in [-0.4, -0.2) is 34.5 Å². The molecule has 1 rings (SSSR count). The van der Waals surface area contributed by atoms with Gasteiger partial charge in [0, 0.05) is 11.9 Å². The first kappa shape index (κ1) is 10.7. The van der Waals surface area contributed by atoms with E-state index in [1.807, 2.05) is 0 Å². The summed E-state index contributed by atoms with van der Waals surface area (Å²) in [5.41, 5.74) is 0. The smallest absolute Gasteiger partial charge is 0.231 e. The van der Waals surface area contributed by atoms with E-state index in [1.165, 1.54) is 11.8 Å². The third kappa shape index (κ3) is 3.13. The van der Waals surface area contributed by atoms with Crippen molar-refractivity contribution in [2.24, 2.45) is 0 Å². The molecular weight excluding hydrogens is 256 g/mol. The molecule has 1 aromatic heterocycles. The highest BCUT2D eigenvalue weighted by molar-refractivity contribution is 9.10. The number of ether oxygens (including phenoxy) is 1. The van der Waals surface area contributed by atoms with E-state index in [0.717, 1.165) is 4.47 Å². The van der Waals surface area contributed by atoms with Crippen LogP contribution in [0.25, 0.3) is 0 Å². The molecule has 0 saturated carbocycles. The van der Waals surface area contributed by atoms with Gasteiger partial charge in [0.15, 0.2) is 5.16 Å². The largest absolute Gasteiger partial charge is 0.480 e. The van der Waals surface area contributed by atoms with Gasteiger partial charge in [-0.2, -0.15) is 4.98 Å². The number of thioether (sulfide) groups is 1. The summed E-state index contributed by atoms with van der Waals surface area (Å²) in [5, 5.41) is 9.20. The minimum atomic E-state index is 0.117. The van der Waals surface area contributed by atoms with Crippen LogP contribution in [0.5, 0.6) is 5.88 Å². The normalized spacial score (nSPS) is 10.1. The van der Waals surface area contributed by atoms with E-state index in [2.05, 4.69) is 25.9 Å². The first-order chi connectivity index (χ1) is 6.27. The fourth-order valence-electron chi connectivity index (χ4n) is 0.686. The van der Waals surface area contributed by atoms with Crippen LogP contribution in [-0.2, 0) is 0 Å². The Labute approximate surface area is 88.9 Å². The predicted octanol–water partition coefficient (Wildman–Crippen LogP) is 1.33. The van der Waals surface area contributed by atoms with Gasteiger partial charge in [-0.1, -0.05) is 11.8 Å². The van der Waals surface area contributed by atoms with Crippen molar-refractivity contribution in [1.29, 1.82) is 0 Å². The second-order valence-corrected chi connectivity index (χ2v) is 4.00. The van der Waals surface area contributed by atoms with E-state index in [9.17, 15) is 0 Å². The average Bonchev–Trinajstić information content (AvgIpc) is 2.16. The molecule has 0 atom stereocenters. The van der Waals surface area contributed by atoms with Crippen molar-refractivity contribution in [3.8, 4) is 5.88 Å². The highest BCUT2D eigenvalue weighted by Gasteiger charge is 2.04. The molecule has 0 bridgehead atoms. The van der Waals surface area contributed by atoms with Crippen LogP contribution in [0.4, 0.5) is 0 Å². The number of nitrogens with zero attached hydrogens (tertiary/aromatic N) is 2. The SMILES string of the molecule is COc1nc(SCCO)ncc1Br. The molecular formula is C7H9BrN2O2S. The Kier molecular flexibility index (Phi) is 4.47. The van der Waals surface area contributed by atoms with Gasteiger partial charge in [-0.05, 0) is 15.9 Å². The van der Waals surface area contributed by atoms with Crippen molar-refractivity contribution in [2.75, 3.05) is 19.5 Å². The minimum Gasteiger partial charge on any atom is -0.480 e. The maximum atomic E-state index is 8.59. The zero-order chi connectivity index (χ0) is 9.68. The summed E-state index contributed by atoms with van der Waals surface area (Å²) < 4.78 is 5.72. The number of aliphatic hydroxyl groups excluding tert-OH is 1. The molecule has 0 fully saturated rings. The molecule has 13 heavy (non-hydrogen) atoms. The van der Waals surface area contributed by atoms with E-state index in [0.29, 0.717) is 16.8 Å². The first-order valence-electron chi connectivity index (χ1n) is 3.58. The Morgan fingerprint density at radius 3 is 3.08 bits per heavy atom. The van der Waals surface area contributed by atoms with Gasteiger partial charge >= 0.3 is 0 Å². The maximum absolute atomic E-state index is 8.59. The number of aromatic nitrogens is 2. The molecule has 6 heteroatoms. The highest BCUT2D eigenvalue weighted by Crippen LogP contribution is 2.23. The average molecular weight is 265 g/mol. The Hall–Kier alpha value is -0.330. The van der Waals surface area contributed by atoms with E-state index >= 15 is 0 Å². The molecule has 0 aliphatic carbocycles. The van der Waals surface area contributed by atoms with Gasteiger partial charge in [0.25, 0.3) is 0 Å². The Morgan fingerprint density at radius 2 is 2.46 bits per heavy atom. The highest BCUT2D eigenvalue weighted by atomic mass is 79.9. The quantitative estimate of drug-likeness (QED) is 0.657. The predicted molar refractivity (Wildman–Crippen MR) is 54.1 cm³/mol. The molecule has 0 spiro atoms. The molecule has 0 aliphatic heterocycles. The Bertz CT molecular complexity index is 285. The maximum Gasteiger partial charge on any atom is 0.231 e. The third-order valence-corrected chi connectivity index (χ3v) is 2.59. The summed E-state index contributed by atoms with van der Waals surface area (Å²) in [6.07, 6.45) is 1.63. The van der Waals surface area contributed by atoms with Crippen molar-refractivity contribution in [2.45, 2.75) is 5.16 Å². The molecule has 0 radical (unpaired) electrons. The van der Waals surface area contributed by atoms with E-state index in [-0.39, 0.29) is 6.61 Å². The van der Waals surface area contributed by atoms with Crippen LogP contribution in [0.15, 0.2) is 15.8 Å². The molecule has 1 heterocycles. The lowest BCUT2D eigenvalue weighted by Gasteiger charge is -2.02. The van der Waals surface area contributed by atoms with Crippen molar-refractivity contribution in [3.63, 3.8) is 0 Å². The van der Waals surface area contributed by atoms with Gasteiger partial charge in [0.05, 0.1) is 18.2 Å². The van der Waals surface area contributed by atoms with Crippen molar-refractivity contribution < 1.29 is 9.84 Å². The number of rotatable bonds is 4. The lowest BCUT2D eigenvalue weighted by atomic mass is 10.6. The molecule has 0 amide bonds. The number of aliphatic hydroxyl groups is 1. The molecule has 1 aromatic rings. The standard InChI is InChI=1S/C7H9BrN2O2S/c1-12-6-5(8)4-9-7(10-6)13-3-2-11/h4,11H,2-3H2,1H3. The zero-order valence-corrected chi connectivity index (χ0v) is 9.43. The van der Waals surface area contributed by atoms with Gasteiger partial charge in [-0.3, -0.25) is 0 Å². The lowest BCUT2D eigenvalue weighted by Crippen LogP contribution is -1.95. The molecule has 1 N–H and O–H groups in total. The van der Waals surface area contributed by atoms with Gasteiger partial charge in [-0.25, -0.2) is 4.98 Å². The molecule has 72 valence electrons. The van der Waals surface area contributed by atoms with Gasteiger partial charge in [-0.15, -0.1) is 0 Å². The Morgan fingerprint density at radius 1 is 1.69 bits per heavy atom. The van der Waals surface area contributed by atoms with Crippen molar-refractivity contribution in [1.82, 2.24) is 9.97 Å². The number of halogens is 1. The van der Waals surface area contributed by atoms with Gasteiger partial charge in [0.1, 0.15) is 0 Å². The van der Waals surface area contributed by atoms with Gasteiger partial charge < -0.3 is 9.84 Å². The van der Waals surface area contributed by atoms with Crippen molar-refractivity contribution in [3.05, 3.63) is 10.7 Å². The van der Waals surface area contributed by atoms with Crippen molar-refractivity contribution >= 4 is 27.7 Å². The van der Waals surface area contributed by atoms with Crippen LogP contribution in [0.3, 0.4) is 0 Å². The lowest BCUT2D eigenvalue weighted by molar-refractivity contribution is 0.322. The number of methoxy groups -OCH3 is 1. The van der Waals surface area contributed by atoms with Crippen LogP contribution in [0, 0.1) is 0 Å². The molecule has 4 nitrogen and oxygen atoms in total. The monoisotopic (exact) mass is 264 g/mol. The summed E-state index contributed by atoms with van der Waals surface area (Å²) in [4.78, 5) is 8.14. The summed E-state index contributed by atoms with van der Waals surface area (Å²) in [6.45, 7) is 0.117. The summed E-state index contributed by atoms with van der Waals surface area (Å²) >= 11 is 4.64. The van der Waals surface area contributed by atoms with E-state index < -0.39 is 0 Å². The Balaban J connectivity index is 2.74. The summed E-state index contributed by atoms with van der Waals surface area (Å²) in [6, 6.07) is 0. The molecule has 0 aliphatic rings. The molecule has 0 saturated heterocycles. The second-order valence-electron chi connectivity index (χ2n) is 2.08. The number of hydrogen-bond donors (Lipinski definition) is 1. The van der Waals surface area contributed by atoms with E-state index in [4.69, 9.17) is 9.84 Å². The number of hydrogen-bond acceptors (Lipinski definition) is 5. The van der Waals surface area contributed by atoms with E-state index in [1.54, 1.807) is 13.3 Å². The zero-order valence-electron chi connectivity index (χ0n) is 7.03.